The zero-order valence-corrected chi connectivity index (χ0v) is 23.7. The normalized spacial score (nSPS) is 18.1. The first-order chi connectivity index (χ1) is 17.5. The minimum atomic E-state index is -3.18. The maximum absolute atomic E-state index is 13.3. The zero-order chi connectivity index (χ0) is 26.7. The Balaban J connectivity index is 1.51. The number of hydrogen-bond donors (Lipinski definition) is 2. The minimum Gasteiger partial charge on any atom is -0.350 e. The largest absolute Gasteiger partial charge is 0.350 e. The lowest BCUT2D eigenvalue weighted by atomic mass is 9.82. The summed E-state index contributed by atoms with van der Waals surface area (Å²) in [4.78, 5) is 13.3. The number of carbonyl (C=O) groups is 1. The second-order valence-electron chi connectivity index (χ2n) is 9.55. The van der Waals surface area contributed by atoms with Gasteiger partial charge in [0.15, 0.2) is 5.69 Å². The molecule has 0 aliphatic heterocycles. The average molecular weight is 584 g/mol. The van der Waals surface area contributed by atoms with Crippen LogP contribution in [-0.4, -0.2) is 43.5 Å². The van der Waals surface area contributed by atoms with E-state index in [0.717, 1.165) is 42.5 Å². The van der Waals surface area contributed by atoms with Crippen LogP contribution in [0.3, 0.4) is 0 Å². The molecule has 0 atom stereocenters. The molecule has 0 bridgehead atoms. The Morgan fingerprint density at radius 2 is 1.57 bits per heavy atom. The van der Waals surface area contributed by atoms with Crippen LogP contribution in [0.4, 0.5) is 0 Å². The summed E-state index contributed by atoms with van der Waals surface area (Å²) in [5, 5.41) is 9.26. The first-order valence-corrected chi connectivity index (χ1v) is 15.1. The van der Waals surface area contributed by atoms with Gasteiger partial charge in [0.1, 0.15) is 0 Å². The standard InChI is InChI=1S/C26H29Cl3N4O3S/c1-16-24(26(34)30-14-17-3-5-18(6-4-17)15-31-37(2,35)36)32-33(23-12-11-21(28)13-22(23)29)25(16)19-7-9-20(27)10-8-19/h7-13,17-18,31H,3-6,14-15H2,1-2H3,(H,30,34)/t17-,18+. The summed E-state index contributed by atoms with van der Waals surface area (Å²) >= 11 is 18.7. The summed E-state index contributed by atoms with van der Waals surface area (Å²) in [6, 6.07) is 12.5. The number of aromatic nitrogens is 2. The molecule has 2 N–H and O–H groups in total. The second-order valence-corrected chi connectivity index (χ2v) is 12.7. The smallest absolute Gasteiger partial charge is 0.272 e. The van der Waals surface area contributed by atoms with E-state index in [0.29, 0.717) is 51.4 Å². The van der Waals surface area contributed by atoms with Gasteiger partial charge in [0.25, 0.3) is 5.91 Å². The molecule has 0 spiro atoms. The molecule has 37 heavy (non-hydrogen) atoms. The van der Waals surface area contributed by atoms with Crippen LogP contribution in [0.2, 0.25) is 15.1 Å². The van der Waals surface area contributed by atoms with E-state index in [1.165, 1.54) is 6.26 Å². The molecule has 1 aliphatic carbocycles. The summed E-state index contributed by atoms with van der Waals surface area (Å²) in [5.74, 6) is 0.408. The number of carbonyl (C=O) groups excluding carboxylic acids is 1. The zero-order valence-electron chi connectivity index (χ0n) is 20.6. The van der Waals surface area contributed by atoms with Crippen LogP contribution < -0.4 is 10.0 Å². The SMILES string of the molecule is Cc1c(C(=O)NC[C@H]2CC[C@@H](CNS(C)(=O)=O)CC2)nn(-c2ccc(Cl)cc2Cl)c1-c1ccc(Cl)cc1. The number of halogens is 3. The molecule has 1 aliphatic rings. The third-order valence-electron chi connectivity index (χ3n) is 6.74. The van der Waals surface area contributed by atoms with Crippen LogP contribution in [0.15, 0.2) is 42.5 Å². The number of benzene rings is 2. The molecule has 1 saturated carbocycles. The van der Waals surface area contributed by atoms with Crippen molar-refractivity contribution in [3.63, 3.8) is 0 Å². The maximum Gasteiger partial charge on any atom is 0.272 e. The first-order valence-electron chi connectivity index (χ1n) is 12.1. The van der Waals surface area contributed by atoms with Gasteiger partial charge in [0.05, 0.1) is 22.7 Å². The van der Waals surface area contributed by atoms with Gasteiger partial charge < -0.3 is 5.32 Å². The number of nitrogens with zero attached hydrogens (tertiary/aromatic N) is 2. The fourth-order valence-electron chi connectivity index (χ4n) is 4.72. The lowest BCUT2D eigenvalue weighted by Gasteiger charge is -2.28. The van der Waals surface area contributed by atoms with E-state index in [9.17, 15) is 13.2 Å². The predicted molar refractivity (Wildman–Crippen MR) is 149 cm³/mol. The molecule has 4 rings (SSSR count). The lowest BCUT2D eigenvalue weighted by molar-refractivity contribution is 0.0935. The monoisotopic (exact) mass is 582 g/mol. The van der Waals surface area contributed by atoms with Gasteiger partial charge in [0.2, 0.25) is 10.0 Å². The predicted octanol–water partition coefficient (Wildman–Crippen LogP) is 5.89. The van der Waals surface area contributed by atoms with Crippen molar-refractivity contribution in [3.8, 4) is 16.9 Å². The van der Waals surface area contributed by atoms with Crippen LogP contribution in [0.1, 0.15) is 41.7 Å². The molecule has 3 aromatic rings. The van der Waals surface area contributed by atoms with Gasteiger partial charge in [-0.1, -0.05) is 46.9 Å². The molecular formula is C26H29Cl3N4O3S. The maximum atomic E-state index is 13.3. The highest BCUT2D eigenvalue weighted by Gasteiger charge is 2.26. The molecule has 0 radical (unpaired) electrons. The molecule has 1 fully saturated rings. The Kier molecular flexibility index (Phi) is 8.86. The van der Waals surface area contributed by atoms with E-state index in [2.05, 4.69) is 15.1 Å². The van der Waals surface area contributed by atoms with Crippen LogP contribution in [-0.2, 0) is 10.0 Å². The van der Waals surface area contributed by atoms with E-state index < -0.39 is 10.0 Å². The van der Waals surface area contributed by atoms with Crippen molar-refractivity contribution < 1.29 is 13.2 Å². The van der Waals surface area contributed by atoms with Gasteiger partial charge in [-0.2, -0.15) is 5.10 Å². The lowest BCUT2D eigenvalue weighted by Crippen LogP contribution is -2.34. The molecule has 198 valence electrons. The molecule has 0 unspecified atom stereocenters. The summed E-state index contributed by atoms with van der Waals surface area (Å²) in [5.41, 5.74) is 3.24. The van der Waals surface area contributed by atoms with Crippen molar-refractivity contribution in [2.75, 3.05) is 19.3 Å². The van der Waals surface area contributed by atoms with Crippen molar-refractivity contribution >= 4 is 50.7 Å². The second kappa shape index (κ2) is 11.7. The van der Waals surface area contributed by atoms with Gasteiger partial charge in [0, 0.05) is 34.3 Å². The molecule has 1 amide bonds. The fraction of sp³-hybridized carbons (Fsp3) is 0.385. The van der Waals surface area contributed by atoms with Crippen molar-refractivity contribution in [2.45, 2.75) is 32.6 Å². The Labute approximate surface area is 232 Å². The fourth-order valence-corrected chi connectivity index (χ4v) is 5.87. The summed E-state index contributed by atoms with van der Waals surface area (Å²) < 4.78 is 27.0. The van der Waals surface area contributed by atoms with Gasteiger partial charge in [-0.05, 0) is 74.8 Å². The summed E-state index contributed by atoms with van der Waals surface area (Å²) in [7, 11) is -3.18. The van der Waals surface area contributed by atoms with E-state index in [1.807, 2.05) is 19.1 Å². The molecule has 0 saturated heterocycles. The van der Waals surface area contributed by atoms with Crippen LogP contribution in [0.25, 0.3) is 16.9 Å². The number of sulfonamides is 1. The molecule has 11 heteroatoms. The third-order valence-corrected chi connectivity index (χ3v) is 8.23. The minimum absolute atomic E-state index is 0.252. The summed E-state index contributed by atoms with van der Waals surface area (Å²) in [6.45, 7) is 2.87. The van der Waals surface area contributed by atoms with E-state index in [-0.39, 0.29) is 5.91 Å². The molecule has 1 heterocycles. The van der Waals surface area contributed by atoms with Crippen LogP contribution in [0, 0.1) is 18.8 Å². The van der Waals surface area contributed by atoms with Gasteiger partial charge in [-0.25, -0.2) is 17.8 Å². The van der Waals surface area contributed by atoms with Crippen molar-refractivity contribution in [2.24, 2.45) is 11.8 Å². The number of hydrogen-bond acceptors (Lipinski definition) is 4. The van der Waals surface area contributed by atoms with Crippen LogP contribution in [0.5, 0.6) is 0 Å². The molecular weight excluding hydrogens is 555 g/mol. The van der Waals surface area contributed by atoms with E-state index in [1.54, 1.807) is 35.0 Å². The van der Waals surface area contributed by atoms with Crippen molar-refractivity contribution in [1.29, 1.82) is 0 Å². The molecule has 2 aromatic carbocycles. The van der Waals surface area contributed by atoms with Crippen LogP contribution >= 0.6 is 34.8 Å². The summed E-state index contributed by atoms with van der Waals surface area (Å²) in [6.07, 6.45) is 4.89. The first kappa shape index (κ1) is 27.9. The Bertz CT molecular complexity index is 1380. The van der Waals surface area contributed by atoms with Gasteiger partial charge in [-0.15, -0.1) is 0 Å². The van der Waals surface area contributed by atoms with E-state index in [4.69, 9.17) is 34.8 Å². The quantitative estimate of drug-likeness (QED) is 0.346. The van der Waals surface area contributed by atoms with Gasteiger partial charge >= 0.3 is 0 Å². The highest BCUT2D eigenvalue weighted by molar-refractivity contribution is 7.88. The average Bonchev–Trinajstić information content (AvgIpc) is 3.18. The highest BCUT2D eigenvalue weighted by atomic mass is 35.5. The Hall–Kier alpha value is -2.10. The third kappa shape index (κ3) is 7.06. The Morgan fingerprint density at radius 3 is 2.16 bits per heavy atom. The molecule has 1 aromatic heterocycles. The number of amides is 1. The Morgan fingerprint density at radius 1 is 0.973 bits per heavy atom. The number of rotatable bonds is 8. The van der Waals surface area contributed by atoms with E-state index >= 15 is 0 Å². The van der Waals surface area contributed by atoms with Crippen molar-refractivity contribution in [1.82, 2.24) is 19.8 Å². The highest BCUT2D eigenvalue weighted by Crippen LogP contribution is 2.33. The van der Waals surface area contributed by atoms with Gasteiger partial charge in [-0.3, -0.25) is 4.79 Å². The topological polar surface area (TPSA) is 93.1 Å². The number of nitrogens with one attached hydrogen (secondary N) is 2. The molecule has 7 nitrogen and oxygen atoms in total. The van der Waals surface area contributed by atoms with Crippen molar-refractivity contribution in [3.05, 3.63) is 68.8 Å².